The molecule has 0 spiro atoms. The maximum atomic E-state index is 13.6. The summed E-state index contributed by atoms with van der Waals surface area (Å²) in [5, 5.41) is 12.8. The smallest absolute Gasteiger partial charge is 0.409 e. The predicted molar refractivity (Wildman–Crippen MR) is 93.1 cm³/mol. The number of anilines is 2. The standard InChI is InChI=1S/C17H20FN5O4/c1-2-26-17(25)23-9-7-11(8-10-23)19-14(24)15-21-22-16(27-15)20-13-6-4-3-5-12(13)18/h3-6,11H,2,7-10H2,1H3,(H,19,24)(H,20,22). The van der Waals surface area contributed by atoms with E-state index < -0.39 is 11.7 Å². The van der Waals surface area contributed by atoms with Crippen LogP contribution in [0.15, 0.2) is 28.7 Å². The van der Waals surface area contributed by atoms with Gasteiger partial charge in [-0.05, 0) is 31.9 Å². The lowest BCUT2D eigenvalue weighted by Crippen LogP contribution is -2.46. The topological polar surface area (TPSA) is 110 Å². The Bertz CT molecular complexity index is 804. The van der Waals surface area contributed by atoms with E-state index in [9.17, 15) is 14.0 Å². The van der Waals surface area contributed by atoms with E-state index in [0.29, 0.717) is 32.5 Å². The van der Waals surface area contributed by atoms with Crippen LogP contribution in [-0.2, 0) is 4.74 Å². The zero-order valence-corrected chi connectivity index (χ0v) is 14.8. The van der Waals surface area contributed by atoms with Crippen molar-refractivity contribution in [2.75, 3.05) is 25.0 Å². The molecule has 9 nitrogen and oxygen atoms in total. The van der Waals surface area contributed by atoms with Gasteiger partial charge in [-0.3, -0.25) is 4.79 Å². The molecular weight excluding hydrogens is 357 g/mol. The van der Waals surface area contributed by atoms with Crippen molar-refractivity contribution in [1.29, 1.82) is 0 Å². The number of rotatable bonds is 5. The Labute approximate surface area is 154 Å². The highest BCUT2D eigenvalue weighted by Crippen LogP contribution is 2.18. The maximum absolute atomic E-state index is 13.6. The van der Waals surface area contributed by atoms with Crippen LogP contribution in [0, 0.1) is 5.82 Å². The van der Waals surface area contributed by atoms with Gasteiger partial charge in [-0.2, -0.15) is 0 Å². The summed E-state index contributed by atoms with van der Waals surface area (Å²) in [6.07, 6.45) is 0.848. The molecule has 2 amide bonds. The van der Waals surface area contributed by atoms with Gasteiger partial charge in [-0.1, -0.05) is 17.2 Å². The third kappa shape index (κ3) is 4.72. The molecule has 1 saturated heterocycles. The van der Waals surface area contributed by atoms with E-state index in [1.165, 1.54) is 12.1 Å². The highest BCUT2D eigenvalue weighted by molar-refractivity contribution is 5.89. The number of amides is 2. The molecule has 27 heavy (non-hydrogen) atoms. The van der Waals surface area contributed by atoms with Crippen LogP contribution < -0.4 is 10.6 Å². The molecule has 1 aliphatic heterocycles. The number of hydrogen-bond acceptors (Lipinski definition) is 7. The van der Waals surface area contributed by atoms with Crippen molar-refractivity contribution in [1.82, 2.24) is 20.4 Å². The van der Waals surface area contributed by atoms with Gasteiger partial charge >= 0.3 is 23.9 Å². The van der Waals surface area contributed by atoms with Crippen LogP contribution in [0.4, 0.5) is 20.9 Å². The van der Waals surface area contributed by atoms with E-state index in [0.717, 1.165) is 0 Å². The molecule has 1 fully saturated rings. The fraction of sp³-hybridized carbons (Fsp3) is 0.412. The van der Waals surface area contributed by atoms with Crippen molar-refractivity contribution in [2.24, 2.45) is 0 Å². The lowest BCUT2D eigenvalue weighted by atomic mass is 10.1. The van der Waals surface area contributed by atoms with Crippen LogP contribution in [0.5, 0.6) is 0 Å². The van der Waals surface area contributed by atoms with Crippen molar-refractivity contribution in [3.8, 4) is 0 Å². The summed E-state index contributed by atoms with van der Waals surface area (Å²) < 4.78 is 23.8. The summed E-state index contributed by atoms with van der Waals surface area (Å²) in [6.45, 7) is 3.07. The Kier molecular flexibility index (Phi) is 5.84. The average molecular weight is 377 g/mol. The van der Waals surface area contributed by atoms with E-state index in [1.807, 2.05) is 0 Å². The van der Waals surface area contributed by atoms with Gasteiger partial charge in [0.25, 0.3) is 0 Å². The van der Waals surface area contributed by atoms with Crippen molar-refractivity contribution in [3.63, 3.8) is 0 Å². The molecule has 0 radical (unpaired) electrons. The summed E-state index contributed by atoms with van der Waals surface area (Å²) in [7, 11) is 0. The van der Waals surface area contributed by atoms with Crippen molar-refractivity contribution < 1.29 is 23.1 Å². The number of para-hydroxylation sites is 1. The number of nitrogens with zero attached hydrogens (tertiary/aromatic N) is 3. The van der Waals surface area contributed by atoms with Crippen LogP contribution in [0.2, 0.25) is 0 Å². The largest absolute Gasteiger partial charge is 0.450 e. The van der Waals surface area contributed by atoms with Gasteiger partial charge in [0.1, 0.15) is 5.82 Å². The number of carbonyl (C=O) groups is 2. The number of nitrogens with one attached hydrogen (secondary N) is 2. The first-order valence-corrected chi connectivity index (χ1v) is 8.64. The summed E-state index contributed by atoms with van der Waals surface area (Å²) >= 11 is 0. The number of likely N-dealkylation sites (tertiary alicyclic amines) is 1. The Hall–Kier alpha value is -3.17. The Morgan fingerprint density at radius 1 is 1.30 bits per heavy atom. The van der Waals surface area contributed by atoms with Crippen molar-refractivity contribution in [3.05, 3.63) is 36.0 Å². The second-order valence-electron chi connectivity index (χ2n) is 5.95. The monoisotopic (exact) mass is 377 g/mol. The second kappa shape index (κ2) is 8.47. The number of benzene rings is 1. The third-order valence-electron chi connectivity index (χ3n) is 4.09. The molecule has 144 valence electrons. The molecule has 2 heterocycles. The molecule has 0 aliphatic carbocycles. The first-order chi connectivity index (χ1) is 13.1. The Morgan fingerprint density at radius 3 is 2.74 bits per heavy atom. The Balaban J connectivity index is 1.52. The molecule has 0 atom stereocenters. The minimum Gasteiger partial charge on any atom is -0.450 e. The normalized spacial score (nSPS) is 14.7. The van der Waals surface area contributed by atoms with Gasteiger partial charge in [-0.15, -0.1) is 5.10 Å². The fourth-order valence-corrected chi connectivity index (χ4v) is 2.71. The average Bonchev–Trinajstić information content (AvgIpc) is 3.13. The third-order valence-corrected chi connectivity index (χ3v) is 4.09. The summed E-state index contributed by atoms with van der Waals surface area (Å²) in [6, 6.07) is 5.81. The van der Waals surface area contributed by atoms with Gasteiger partial charge in [-0.25, -0.2) is 9.18 Å². The minimum atomic E-state index is -0.515. The minimum absolute atomic E-state index is 0.0811. The summed E-state index contributed by atoms with van der Waals surface area (Å²) in [5.74, 6) is -1.21. The highest BCUT2D eigenvalue weighted by atomic mass is 19.1. The number of carbonyl (C=O) groups excluding carboxylic acids is 2. The quantitative estimate of drug-likeness (QED) is 0.823. The zero-order chi connectivity index (χ0) is 19.2. The number of aromatic nitrogens is 2. The van der Waals surface area contributed by atoms with Gasteiger partial charge in [0.05, 0.1) is 12.3 Å². The van der Waals surface area contributed by atoms with Crippen LogP contribution in [0.3, 0.4) is 0 Å². The zero-order valence-electron chi connectivity index (χ0n) is 14.8. The van der Waals surface area contributed by atoms with Crippen LogP contribution >= 0.6 is 0 Å². The molecule has 0 bridgehead atoms. The van der Waals surface area contributed by atoms with Crippen molar-refractivity contribution >= 4 is 23.7 Å². The lowest BCUT2D eigenvalue weighted by Gasteiger charge is -2.31. The first kappa shape index (κ1) is 18.6. The first-order valence-electron chi connectivity index (χ1n) is 8.64. The van der Waals surface area contributed by atoms with Gasteiger partial charge < -0.3 is 24.7 Å². The molecular formula is C17H20FN5O4. The predicted octanol–water partition coefficient (Wildman–Crippen LogP) is 2.30. The summed E-state index contributed by atoms with van der Waals surface area (Å²) in [5.41, 5.74) is 0.166. The molecule has 0 unspecified atom stereocenters. The highest BCUT2D eigenvalue weighted by Gasteiger charge is 2.26. The number of piperidine rings is 1. The molecule has 1 aromatic carbocycles. The summed E-state index contributed by atoms with van der Waals surface area (Å²) in [4.78, 5) is 25.5. The van der Waals surface area contributed by atoms with Crippen LogP contribution in [0.25, 0.3) is 0 Å². The molecule has 1 aliphatic rings. The SMILES string of the molecule is CCOC(=O)N1CCC(NC(=O)c2nnc(Nc3ccccc3F)o2)CC1. The van der Waals surface area contributed by atoms with Crippen LogP contribution in [0.1, 0.15) is 30.5 Å². The molecule has 10 heteroatoms. The van der Waals surface area contributed by atoms with Crippen molar-refractivity contribution in [2.45, 2.75) is 25.8 Å². The van der Waals surface area contributed by atoms with E-state index in [4.69, 9.17) is 9.15 Å². The second-order valence-corrected chi connectivity index (χ2v) is 5.95. The van der Waals surface area contributed by atoms with Gasteiger partial charge in [0.15, 0.2) is 0 Å². The van der Waals surface area contributed by atoms with Gasteiger partial charge in [0, 0.05) is 19.1 Å². The van der Waals surface area contributed by atoms with Gasteiger partial charge in [0.2, 0.25) is 0 Å². The fourth-order valence-electron chi connectivity index (χ4n) is 2.71. The lowest BCUT2D eigenvalue weighted by molar-refractivity contribution is 0.0836. The molecule has 2 N–H and O–H groups in total. The van der Waals surface area contributed by atoms with E-state index in [2.05, 4.69) is 20.8 Å². The van der Waals surface area contributed by atoms with E-state index >= 15 is 0 Å². The molecule has 3 rings (SSSR count). The van der Waals surface area contributed by atoms with E-state index in [-0.39, 0.29) is 29.7 Å². The number of halogens is 1. The maximum Gasteiger partial charge on any atom is 0.409 e. The molecule has 2 aromatic rings. The molecule has 1 aromatic heterocycles. The van der Waals surface area contributed by atoms with E-state index in [1.54, 1.807) is 24.0 Å². The molecule has 0 saturated carbocycles. The Morgan fingerprint density at radius 2 is 2.04 bits per heavy atom. The van der Waals surface area contributed by atoms with Crippen LogP contribution in [-0.4, -0.2) is 52.8 Å². The number of hydrogen-bond donors (Lipinski definition) is 2. The number of ether oxygens (including phenoxy) is 1.